The number of carbonyl (C=O) groups excluding carboxylic acids is 2. The van der Waals surface area contributed by atoms with E-state index in [4.69, 9.17) is 16.3 Å². The summed E-state index contributed by atoms with van der Waals surface area (Å²) in [6.45, 7) is 6.37. The molecule has 0 saturated heterocycles. The van der Waals surface area contributed by atoms with E-state index in [2.05, 4.69) is 10.6 Å². The number of aryl methyl sites for hydroxylation is 1. The van der Waals surface area contributed by atoms with Gasteiger partial charge in [-0.2, -0.15) is 0 Å². The first-order chi connectivity index (χ1) is 17.1. The van der Waals surface area contributed by atoms with Gasteiger partial charge in [0.05, 0.1) is 23.6 Å². The van der Waals surface area contributed by atoms with Crippen molar-refractivity contribution in [2.45, 2.75) is 40.0 Å². The van der Waals surface area contributed by atoms with Crippen LogP contribution < -0.4 is 20.9 Å². The van der Waals surface area contributed by atoms with Gasteiger partial charge in [0.2, 0.25) is 5.91 Å². The number of carbonyl (C=O) groups is 2. The Bertz CT molecular complexity index is 1360. The molecule has 4 rings (SSSR count). The van der Waals surface area contributed by atoms with Gasteiger partial charge in [0, 0.05) is 25.0 Å². The van der Waals surface area contributed by atoms with Gasteiger partial charge in [-0.05, 0) is 55.0 Å². The quantitative estimate of drug-likeness (QED) is 0.497. The summed E-state index contributed by atoms with van der Waals surface area (Å²) in [5.74, 6) is -0.0227. The van der Waals surface area contributed by atoms with Crippen LogP contribution in [0.25, 0.3) is 5.69 Å². The van der Waals surface area contributed by atoms with Crippen LogP contribution in [0.1, 0.15) is 48.3 Å². The molecule has 3 aromatic rings. The van der Waals surface area contributed by atoms with Crippen LogP contribution >= 0.6 is 11.6 Å². The minimum Gasteiger partial charge on any atom is -0.492 e. The minimum atomic E-state index is -0.569. The number of halogens is 1. The zero-order chi connectivity index (χ0) is 26.0. The highest BCUT2D eigenvalue weighted by molar-refractivity contribution is 6.31. The Kier molecular flexibility index (Phi) is 7.26. The van der Waals surface area contributed by atoms with Crippen LogP contribution in [0.5, 0.6) is 5.75 Å². The van der Waals surface area contributed by atoms with Crippen molar-refractivity contribution >= 4 is 29.1 Å². The van der Waals surface area contributed by atoms with Crippen molar-refractivity contribution < 1.29 is 14.3 Å². The highest BCUT2D eigenvalue weighted by atomic mass is 35.5. The highest BCUT2D eigenvalue weighted by Crippen LogP contribution is 2.32. The number of rotatable bonds is 7. The van der Waals surface area contributed by atoms with Crippen molar-refractivity contribution in [1.82, 2.24) is 14.7 Å². The zero-order valence-electron chi connectivity index (χ0n) is 21.0. The summed E-state index contributed by atoms with van der Waals surface area (Å²) in [6, 6.07) is 12.7. The van der Waals surface area contributed by atoms with Crippen LogP contribution in [0.4, 0.5) is 5.69 Å². The maximum atomic E-state index is 13.1. The summed E-state index contributed by atoms with van der Waals surface area (Å²) in [4.78, 5) is 39.0. The number of ether oxygens (including phenoxy) is 1. The number of nitrogens with zero attached hydrogens (tertiary/aromatic N) is 2. The monoisotopic (exact) mass is 510 g/mol. The van der Waals surface area contributed by atoms with E-state index in [0.29, 0.717) is 34.3 Å². The number of para-hydroxylation sites is 1. The molecule has 36 heavy (non-hydrogen) atoms. The molecule has 0 aliphatic carbocycles. The van der Waals surface area contributed by atoms with Gasteiger partial charge < -0.3 is 15.4 Å². The maximum Gasteiger partial charge on any atom is 0.295 e. The van der Waals surface area contributed by atoms with Crippen molar-refractivity contribution in [2.24, 2.45) is 12.5 Å². The molecule has 1 aromatic heterocycles. The summed E-state index contributed by atoms with van der Waals surface area (Å²) in [5, 5.41) is 6.19. The second-order valence-corrected chi connectivity index (χ2v) is 10.3. The maximum absolute atomic E-state index is 13.1. The molecule has 0 unspecified atom stereocenters. The largest absolute Gasteiger partial charge is 0.492 e. The summed E-state index contributed by atoms with van der Waals surface area (Å²) >= 11 is 6.22. The van der Waals surface area contributed by atoms with E-state index < -0.39 is 5.41 Å². The summed E-state index contributed by atoms with van der Waals surface area (Å²) in [5.41, 5.74) is 2.06. The molecular formula is C27H31ClN4O4. The van der Waals surface area contributed by atoms with Gasteiger partial charge in [-0.3, -0.25) is 19.1 Å². The van der Waals surface area contributed by atoms with Crippen LogP contribution in [-0.4, -0.2) is 34.3 Å². The molecule has 0 bridgehead atoms. The molecule has 0 radical (unpaired) electrons. The molecule has 190 valence electrons. The molecule has 0 atom stereocenters. The van der Waals surface area contributed by atoms with Gasteiger partial charge in [0.25, 0.3) is 11.5 Å². The van der Waals surface area contributed by atoms with Gasteiger partial charge in [-0.15, -0.1) is 0 Å². The van der Waals surface area contributed by atoms with Gasteiger partial charge in [-0.25, -0.2) is 4.68 Å². The molecular weight excluding hydrogens is 480 g/mol. The molecule has 2 amide bonds. The van der Waals surface area contributed by atoms with E-state index in [0.717, 1.165) is 18.4 Å². The lowest BCUT2D eigenvalue weighted by atomic mass is 9.88. The summed E-state index contributed by atoms with van der Waals surface area (Å²) < 4.78 is 8.98. The molecule has 2 heterocycles. The fourth-order valence-electron chi connectivity index (χ4n) is 4.42. The minimum absolute atomic E-state index is 0.108. The first-order valence-electron chi connectivity index (χ1n) is 11.9. The molecule has 2 N–H and O–H groups in total. The average Bonchev–Trinajstić information content (AvgIpc) is 3.05. The summed E-state index contributed by atoms with van der Waals surface area (Å²) in [6.07, 6.45) is 1.80. The molecule has 2 aromatic carbocycles. The van der Waals surface area contributed by atoms with Crippen LogP contribution in [0.3, 0.4) is 0 Å². The van der Waals surface area contributed by atoms with E-state index >= 15 is 0 Å². The number of benzene rings is 2. The standard InChI is InChI=1S/C27H31ClN4O4/c1-17-23(26(35)32(31(17)4)20-10-6-5-7-11-20)30-22(33)15-27(2,3)16-29-25(34)21-14-19(28)13-18-9-8-12-36-24(18)21/h5-7,10-11,13-14H,8-9,12,15-16H2,1-4H3,(H,29,34)(H,30,33). The Labute approximate surface area is 215 Å². The Morgan fingerprint density at radius 2 is 1.89 bits per heavy atom. The van der Waals surface area contributed by atoms with Crippen LogP contribution in [0.15, 0.2) is 47.3 Å². The Hall–Kier alpha value is -3.52. The zero-order valence-corrected chi connectivity index (χ0v) is 21.7. The van der Waals surface area contributed by atoms with Crippen molar-refractivity contribution in [1.29, 1.82) is 0 Å². The third kappa shape index (κ3) is 5.33. The van der Waals surface area contributed by atoms with Crippen LogP contribution in [0, 0.1) is 12.3 Å². The topological polar surface area (TPSA) is 94.4 Å². The fourth-order valence-corrected chi connectivity index (χ4v) is 4.66. The van der Waals surface area contributed by atoms with Gasteiger partial charge in [0.15, 0.2) is 0 Å². The number of hydrogen-bond acceptors (Lipinski definition) is 4. The molecule has 0 saturated carbocycles. The first-order valence-corrected chi connectivity index (χ1v) is 12.3. The predicted molar refractivity (Wildman–Crippen MR) is 140 cm³/mol. The van der Waals surface area contributed by atoms with Gasteiger partial charge in [0.1, 0.15) is 11.4 Å². The van der Waals surface area contributed by atoms with Crippen molar-refractivity contribution in [3.63, 3.8) is 0 Å². The summed E-state index contributed by atoms with van der Waals surface area (Å²) in [7, 11) is 1.77. The van der Waals surface area contributed by atoms with Crippen molar-refractivity contribution in [2.75, 3.05) is 18.5 Å². The lowest BCUT2D eigenvalue weighted by molar-refractivity contribution is -0.118. The molecule has 0 spiro atoms. The Balaban J connectivity index is 1.43. The molecule has 1 aliphatic heterocycles. The number of amides is 2. The Morgan fingerprint density at radius 3 is 2.61 bits per heavy atom. The molecule has 9 heteroatoms. The van der Waals surface area contributed by atoms with E-state index in [1.54, 1.807) is 24.7 Å². The Morgan fingerprint density at radius 1 is 1.17 bits per heavy atom. The smallest absolute Gasteiger partial charge is 0.295 e. The number of hydrogen-bond donors (Lipinski definition) is 2. The number of aromatic nitrogens is 2. The van der Waals surface area contributed by atoms with Crippen molar-refractivity contribution in [3.8, 4) is 11.4 Å². The first kappa shape index (κ1) is 25.6. The SMILES string of the molecule is Cc1c(NC(=O)CC(C)(C)CNC(=O)c2cc(Cl)cc3c2OCCC3)c(=O)n(-c2ccccc2)n1C. The predicted octanol–water partition coefficient (Wildman–Crippen LogP) is 4.25. The second-order valence-electron chi connectivity index (χ2n) is 9.90. The van der Waals surface area contributed by atoms with E-state index in [-0.39, 0.29) is 36.0 Å². The van der Waals surface area contributed by atoms with E-state index in [9.17, 15) is 14.4 Å². The van der Waals surface area contributed by atoms with E-state index in [1.807, 2.05) is 50.2 Å². The van der Waals surface area contributed by atoms with E-state index in [1.165, 1.54) is 4.68 Å². The van der Waals surface area contributed by atoms with Gasteiger partial charge in [-0.1, -0.05) is 43.6 Å². The molecule has 0 fully saturated rings. The van der Waals surface area contributed by atoms with Crippen molar-refractivity contribution in [3.05, 3.63) is 74.7 Å². The molecule has 1 aliphatic rings. The number of nitrogens with one attached hydrogen (secondary N) is 2. The van der Waals surface area contributed by atoms with Crippen LogP contribution in [-0.2, 0) is 18.3 Å². The second kappa shape index (κ2) is 10.2. The third-order valence-electron chi connectivity index (χ3n) is 6.40. The number of anilines is 1. The normalized spacial score (nSPS) is 13.0. The highest BCUT2D eigenvalue weighted by Gasteiger charge is 2.27. The third-order valence-corrected chi connectivity index (χ3v) is 6.62. The molecule has 8 nitrogen and oxygen atoms in total. The average molecular weight is 511 g/mol. The lowest BCUT2D eigenvalue weighted by Crippen LogP contribution is -2.37. The lowest BCUT2D eigenvalue weighted by Gasteiger charge is -2.25. The number of fused-ring (bicyclic) bond motifs is 1. The van der Waals surface area contributed by atoms with Gasteiger partial charge >= 0.3 is 0 Å². The van der Waals surface area contributed by atoms with Crippen LogP contribution in [0.2, 0.25) is 5.02 Å². The fraction of sp³-hybridized carbons (Fsp3) is 0.370.